The molecule has 0 radical (unpaired) electrons. The highest BCUT2D eigenvalue weighted by Gasteiger charge is 2.19. The largest absolute Gasteiger partial charge is 0.497 e. The molecule has 0 amide bonds. The van der Waals surface area contributed by atoms with Crippen molar-refractivity contribution in [1.82, 2.24) is 0 Å². The van der Waals surface area contributed by atoms with Crippen molar-refractivity contribution >= 4 is 5.69 Å². The minimum atomic E-state index is 0.453. The fourth-order valence-electron chi connectivity index (χ4n) is 2.59. The van der Waals surface area contributed by atoms with E-state index in [1.165, 1.54) is 11.3 Å². The van der Waals surface area contributed by atoms with Gasteiger partial charge < -0.3 is 14.8 Å². The summed E-state index contributed by atoms with van der Waals surface area (Å²) in [5, 5.41) is 3.43. The fraction of sp³-hybridized carbons (Fsp3) is 0.294. The quantitative estimate of drug-likeness (QED) is 0.918. The molecule has 0 spiro atoms. The van der Waals surface area contributed by atoms with Crippen LogP contribution in [0.5, 0.6) is 11.5 Å². The molecular weight excluding hydrogens is 250 g/mol. The van der Waals surface area contributed by atoms with Gasteiger partial charge in [-0.25, -0.2) is 0 Å². The number of methoxy groups -OCH3 is 1. The molecule has 1 unspecified atom stereocenters. The molecule has 1 heterocycles. The molecule has 1 aliphatic rings. The molecule has 0 fully saturated rings. The van der Waals surface area contributed by atoms with Crippen molar-refractivity contribution in [2.75, 3.05) is 25.6 Å². The lowest BCUT2D eigenvalue weighted by atomic mass is 9.92. The van der Waals surface area contributed by atoms with E-state index in [1.54, 1.807) is 7.11 Å². The molecule has 20 heavy (non-hydrogen) atoms. The lowest BCUT2D eigenvalue weighted by Crippen LogP contribution is -2.21. The Balaban J connectivity index is 1.66. The normalized spacial score (nSPS) is 16.9. The molecule has 0 saturated carbocycles. The molecule has 2 aromatic carbocycles. The van der Waals surface area contributed by atoms with Crippen LogP contribution in [0.4, 0.5) is 5.69 Å². The molecule has 1 aliphatic heterocycles. The maximum absolute atomic E-state index is 5.92. The summed E-state index contributed by atoms with van der Waals surface area (Å²) in [5.74, 6) is 2.20. The number of ether oxygens (including phenoxy) is 2. The van der Waals surface area contributed by atoms with Gasteiger partial charge in [-0.15, -0.1) is 0 Å². The van der Waals surface area contributed by atoms with Gasteiger partial charge in [0.25, 0.3) is 0 Å². The predicted molar refractivity (Wildman–Crippen MR) is 80.8 cm³/mol. The van der Waals surface area contributed by atoms with Crippen LogP contribution in [0.15, 0.2) is 48.5 Å². The van der Waals surface area contributed by atoms with Crippen LogP contribution in [0.2, 0.25) is 0 Å². The molecular formula is C17H19NO2. The van der Waals surface area contributed by atoms with Crippen LogP contribution in [0.3, 0.4) is 0 Å². The maximum atomic E-state index is 5.92. The van der Waals surface area contributed by atoms with Gasteiger partial charge in [-0.2, -0.15) is 0 Å². The van der Waals surface area contributed by atoms with Gasteiger partial charge in [-0.05, 0) is 42.3 Å². The lowest BCUT2D eigenvalue weighted by molar-refractivity contribution is 0.281. The molecule has 104 valence electrons. The number of nitrogens with one attached hydrogen (secondary N) is 1. The molecule has 1 atom stereocenters. The third-order valence-corrected chi connectivity index (χ3v) is 3.72. The zero-order valence-electron chi connectivity index (χ0n) is 11.6. The van der Waals surface area contributed by atoms with E-state index in [4.69, 9.17) is 9.47 Å². The molecule has 3 nitrogen and oxygen atoms in total. The van der Waals surface area contributed by atoms with Crippen molar-refractivity contribution in [2.24, 2.45) is 0 Å². The number of rotatable bonds is 4. The summed E-state index contributed by atoms with van der Waals surface area (Å²) in [4.78, 5) is 0. The Morgan fingerprint density at radius 3 is 2.60 bits per heavy atom. The zero-order chi connectivity index (χ0) is 13.8. The van der Waals surface area contributed by atoms with Gasteiger partial charge in [0.15, 0.2) is 0 Å². The van der Waals surface area contributed by atoms with Crippen LogP contribution in [0, 0.1) is 0 Å². The van der Waals surface area contributed by atoms with Crippen LogP contribution in [-0.4, -0.2) is 20.3 Å². The number of fused-ring (bicyclic) bond motifs is 1. The third-order valence-electron chi connectivity index (χ3n) is 3.72. The first kappa shape index (κ1) is 12.9. The number of anilines is 1. The fourth-order valence-corrected chi connectivity index (χ4v) is 2.59. The van der Waals surface area contributed by atoms with Gasteiger partial charge in [-0.1, -0.05) is 18.2 Å². The zero-order valence-corrected chi connectivity index (χ0v) is 11.6. The topological polar surface area (TPSA) is 30.5 Å². The summed E-state index contributed by atoms with van der Waals surface area (Å²) < 4.78 is 11.1. The van der Waals surface area contributed by atoms with Crippen molar-refractivity contribution in [2.45, 2.75) is 12.3 Å². The van der Waals surface area contributed by atoms with Crippen molar-refractivity contribution in [3.63, 3.8) is 0 Å². The van der Waals surface area contributed by atoms with E-state index in [9.17, 15) is 0 Å². The van der Waals surface area contributed by atoms with E-state index in [1.807, 2.05) is 24.3 Å². The molecule has 1 N–H and O–H groups in total. The highest BCUT2D eigenvalue weighted by molar-refractivity contribution is 5.54. The van der Waals surface area contributed by atoms with Crippen molar-refractivity contribution in [1.29, 1.82) is 0 Å². The Kier molecular flexibility index (Phi) is 3.77. The Labute approximate surface area is 119 Å². The minimum absolute atomic E-state index is 0.453. The van der Waals surface area contributed by atoms with Crippen LogP contribution >= 0.6 is 0 Å². The van der Waals surface area contributed by atoms with Crippen LogP contribution in [-0.2, 0) is 0 Å². The first-order valence-corrected chi connectivity index (χ1v) is 6.96. The second-order valence-corrected chi connectivity index (χ2v) is 4.99. The van der Waals surface area contributed by atoms with Crippen LogP contribution in [0.1, 0.15) is 17.9 Å². The molecule has 0 saturated heterocycles. The van der Waals surface area contributed by atoms with Crippen LogP contribution in [0.25, 0.3) is 0 Å². The smallest absolute Gasteiger partial charge is 0.119 e. The van der Waals surface area contributed by atoms with E-state index < -0.39 is 0 Å². The van der Waals surface area contributed by atoms with E-state index in [0.29, 0.717) is 12.5 Å². The average Bonchev–Trinajstić information content (AvgIpc) is 2.53. The van der Waals surface area contributed by atoms with Gasteiger partial charge in [-0.3, -0.25) is 0 Å². The van der Waals surface area contributed by atoms with Crippen molar-refractivity contribution in [3.8, 4) is 11.5 Å². The summed E-state index contributed by atoms with van der Waals surface area (Å²) in [5.41, 5.74) is 2.59. The molecule has 0 aliphatic carbocycles. The highest BCUT2D eigenvalue weighted by Crippen LogP contribution is 2.31. The molecule has 0 aromatic heterocycles. The molecule has 3 rings (SSSR count). The molecule has 2 aromatic rings. The number of hydrogen-bond donors (Lipinski definition) is 1. The van der Waals surface area contributed by atoms with Crippen LogP contribution < -0.4 is 14.8 Å². The predicted octanol–water partition coefficient (Wildman–Crippen LogP) is 3.67. The standard InChI is InChI=1S/C17H19NO2/c1-19-14-6-8-15(9-7-14)20-12-13-10-11-18-17-5-3-2-4-16(13)17/h2-9,13,18H,10-12H2,1H3. The maximum Gasteiger partial charge on any atom is 0.119 e. The van der Waals surface area contributed by atoms with E-state index in [-0.39, 0.29) is 0 Å². The first-order chi connectivity index (χ1) is 9.86. The van der Waals surface area contributed by atoms with Gasteiger partial charge in [0.1, 0.15) is 11.5 Å². The monoisotopic (exact) mass is 269 g/mol. The van der Waals surface area contributed by atoms with E-state index in [0.717, 1.165) is 24.5 Å². The number of hydrogen-bond acceptors (Lipinski definition) is 3. The number of para-hydroxylation sites is 1. The molecule has 0 bridgehead atoms. The Hall–Kier alpha value is -2.16. The van der Waals surface area contributed by atoms with Gasteiger partial charge in [0.2, 0.25) is 0 Å². The summed E-state index contributed by atoms with van der Waals surface area (Å²) >= 11 is 0. The Morgan fingerprint density at radius 2 is 1.80 bits per heavy atom. The average molecular weight is 269 g/mol. The molecule has 3 heteroatoms. The Bertz CT molecular complexity index is 565. The number of benzene rings is 2. The van der Waals surface area contributed by atoms with Gasteiger partial charge in [0.05, 0.1) is 13.7 Å². The first-order valence-electron chi connectivity index (χ1n) is 6.96. The minimum Gasteiger partial charge on any atom is -0.497 e. The second kappa shape index (κ2) is 5.87. The van der Waals surface area contributed by atoms with Crippen molar-refractivity contribution in [3.05, 3.63) is 54.1 Å². The second-order valence-electron chi connectivity index (χ2n) is 4.99. The Morgan fingerprint density at radius 1 is 1.05 bits per heavy atom. The third kappa shape index (κ3) is 2.72. The SMILES string of the molecule is COc1ccc(OCC2CCNc3ccccc32)cc1. The summed E-state index contributed by atoms with van der Waals surface area (Å²) in [6.45, 7) is 1.72. The van der Waals surface area contributed by atoms with E-state index >= 15 is 0 Å². The lowest BCUT2D eigenvalue weighted by Gasteiger charge is -2.26. The summed E-state index contributed by atoms with van der Waals surface area (Å²) in [7, 11) is 1.67. The van der Waals surface area contributed by atoms with Crippen molar-refractivity contribution < 1.29 is 9.47 Å². The van der Waals surface area contributed by atoms with Gasteiger partial charge >= 0.3 is 0 Å². The van der Waals surface area contributed by atoms with Gasteiger partial charge in [0, 0.05) is 18.2 Å². The highest BCUT2D eigenvalue weighted by atomic mass is 16.5. The summed E-state index contributed by atoms with van der Waals surface area (Å²) in [6, 6.07) is 16.2. The van der Waals surface area contributed by atoms with E-state index in [2.05, 4.69) is 29.6 Å². The summed E-state index contributed by atoms with van der Waals surface area (Å²) in [6.07, 6.45) is 1.10.